The summed E-state index contributed by atoms with van der Waals surface area (Å²) < 4.78 is 6.23. The van der Waals surface area contributed by atoms with E-state index in [9.17, 15) is 10.2 Å². The van der Waals surface area contributed by atoms with Gasteiger partial charge in [-0.1, -0.05) is 73.6 Å². The Hall–Kier alpha value is -0.120. The SMILES string of the molecule is CCCCC(C)(C)CCC[C@@H]([C@H](C)CCC(C)C)[C@@H]1C[C@H](O)C[C@H](CO)O1. The van der Waals surface area contributed by atoms with Gasteiger partial charge in [0, 0.05) is 6.42 Å². The van der Waals surface area contributed by atoms with Crippen LogP contribution in [-0.4, -0.2) is 35.1 Å². The third-order valence-electron chi connectivity index (χ3n) is 6.62. The first-order valence-corrected chi connectivity index (χ1v) is 11.6. The van der Waals surface area contributed by atoms with E-state index in [4.69, 9.17) is 4.74 Å². The first-order valence-electron chi connectivity index (χ1n) is 11.6. The highest BCUT2D eigenvalue weighted by Gasteiger charge is 2.35. The average molecular weight is 385 g/mol. The van der Waals surface area contributed by atoms with Gasteiger partial charge >= 0.3 is 0 Å². The van der Waals surface area contributed by atoms with Crippen LogP contribution in [-0.2, 0) is 4.74 Å². The fourth-order valence-corrected chi connectivity index (χ4v) is 4.66. The summed E-state index contributed by atoms with van der Waals surface area (Å²) in [6, 6.07) is 0. The van der Waals surface area contributed by atoms with Crippen LogP contribution in [0.15, 0.2) is 0 Å². The van der Waals surface area contributed by atoms with E-state index in [1.54, 1.807) is 0 Å². The molecule has 1 fully saturated rings. The molecule has 0 saturated carbocycles. The third-order valence-corrected chi connectivity index (χ3v) is 6.62. The minimum absolute atomic E-state index is 0.0186. The largest absolute Gasteiger partial charge is 0.394 e. The number of hydrogen-bond donors (Lipinski definition) is 2. The van der Waals surface area contributed by atoms with Crippen LogP contribution in [0.2, 0.25) is 0 Å². The summed E-state index contributed by atoms with van der Waals surface area (Å²) in [6.07, 6.45) is 10.9. The lowest BCUT2D eigenvalue weighted by Gasteiger charge is -2.40. The van der Waals surface area contributed by atoms with Crippen molar-refractivity contribution in [1.82, 2.24) is 0 Å². The first kappa shape index (κ1) is 24.9. The van der Waals surface area contributed by atoms with Gasteiger partial charge in [-0.15, -0.1) is 0 Å². The number of hydrogen-bond acceptors (Lipinski definition) is 3. The molecular formula is C24H48O3. The predicted molar refractivity (Wildman–Crippen MR) is 115 cm³/mol. The lowest BCUT2D eigenvalue weighted by molar-refractivity contribution is -0.139. The molecule has 27 heavy (non-hydrogen) atoms. The molecule has 0 aromatic heterocycles. The van der Waals surface area contributed by atoms with Crippen LogP contribution in [0, 0.1) is 23.2 Å². The highest BCUT2D eigenvalue weighted by Crippen LogP contribution is 2.37. The molecule has 0 spiro atoms. The molecule has 5 atom stereocenters. The zero-order valence-electron chi connectivity index (χ0n) is 19.0. The van der Waals surface area contributed by atoms with Gasteiger partial charge in [0.25, 0.3) is 0 Å². The van der Waals surface area contributed by atoms with E-state index < -0.39 is 0 Å². The Bertz CT molecular complexity index is 380. The van der Waals surface area contributed by atoms with Crippen LogP contribution in [0.3, 0.4) is 0 Å². The summed E-state index contributed by atoms with van der Waals surface area (Å²) in [6.45, 7) is 14.1. The Morgan fingerprint density at radius 1 is 1.00 bits per heavy atom. The van der Waals surface area contributed by atoms with Crippen molar-refractivity contribution in [3.8, 4) is 0 Å². The van der Waals surface area contributed by atoms with E-state index >= 15 is 0 Å². The molecule has 1 saturated heterocycles. The molecule has 3 heteroatoms. The highest BCUT2D eigenvalue weighted by atomic mass is 16.5. The van der Waals surface area contributed by atoms with Crippen molar-refractivity contribution in [1.29, 1.82) is 0 Å². The summed E-state index contributed by atoms with van der Waals surface area (Å²) in [5.41, 5.74) is 0.419. The van der Waals surface area contributed by atoms with Gasteiger partial charge in [-0.05, 0) is 48.9 Å². The van der Waals surface area contributed by atoms with E-state index in [0.29, 0.717) is 23.7 Å². The number of aliphatic hydroxyl groups is 2. The number of ether oxygens (including phenoxy) is 1. The van der Waals surface area contributed by atoms with Crippen molar-refractivity contribution in [2.75, 3.05) is 6.61 Å². The Kier molecular flexibility index (Phi) is 11.5. The zero-order valence-corrected chi connectivity index (χ0v) is 19.0. The van der Waals surface area contributed by atoms with Crippen molar-refractivity contribution >= 4 is 0 Å². The standard InChI is InChI=1S/C24H48O3/c1-7-8-13-24(5,6)14-9-10-22(19(4)12-11-18(2)3)23-16-20(26)15-21(17-25)27-23/h18-23,25-26H,7-17H2,1-6H3/t19-,20-,21-,22+,23+/m1/s1. The molecule has 1 rings (SSSR count). The molecular weight excluding hydrogens is 336 g/mol. The minimum atomic E-state index is -0.332. The molecule has 2 N–H and O–H groups in total. The van der Waals surface area contributed by atoms with Crippen molar-refractivity contribution < 1.29 is 14.9 Å². The van der Waals surface area contributed by atoms with Crippen LogP contribution >= 0.6 is 0 Å². The van der Waals surface area contributed by atoms with Gasteiger partial charge in [-0.2, -0.15) is 0 Å². The Morgan fingerprint density at radius 2 is 1.67 bits per heavy atom. The van der Waals surface area contributed by atoms with Crippen LogP contribution < -0.4 is 0 Å². The maximum absolute atomic E-state index is 10.3. The third kappa shape index (κ3) is 9.76. The van der Waals surface area contributed by atoms with Gasteiger partial charge < -0.3 is 14.9 Å². The van der Waals surface area contributed by atoms with Gasteiger partial charge in [-0.3, -0.25) is 0 Å². The van der Waals surface area contributed by atoms with Crippen molar-refractivity contribution in [2.45, 2.75) is 124 Å². The van der Waals surface area contributed by atoms with Crippen LogP contribution in [0.1, 0.15) is 106 Å². The second-order valence-electron chi connectivity index (χ2n) is 10.4. The lowest BCUT2D eigenvalue weighted by atomic mass is 9.76. The molecule has 0 unspecified atom stereocenters. The molecule has 1 heterocycles. The van der Waals surface area contributed by atoms with Gasteiger partial charge in [-0.25, -0.2) is 0 Å². The van der Waals surface area contributed by atoms with Gasteiger partial charge in [0.1, 0.15) is 0 Å². The van der Waals surface area contributed by atoms with E-state index in [2.05, 4.69) is 41.5 Å². The Morgan fingerprint density at radius 3 is 2.26 bits per heavy atom. The molecule has 0 radical (unpaired) electrons. The van der Waals surface area contributed by atoms with E-state index in [1.165, 1.54) is 51.4 Å². The van der Waals surface area contributed by atoms with Crippen LogP contribution in [0.5, 0.6) is 0 Å². The maximum Gasteiger partial charge on any atom is 0.0834 e. The number of unbranched alkanes of at least 4 members (excludes halogenated alkanes) is 1. The molecule has 0 bridgehead atoms. The maximum atomic E-state index is 10.3. The summed E-state index contributed by atoms with van der Waals surface area (Å²) in [4.78, 5) is 0. The summed E-state index contributed by atoms with van der Waals surface area (Å²) in [5, 5.41) is 19.8. The molecule has 0 aromatic rings. The lowest BCUT2D eigenvalue weighted by Crippen LogP contribution is -2.43. The smallest absolute Gasteiger partial charge is 0.0834 e. The molecule has 0 aromatic carbocycles. The van der Waals surface area contributed by atoms with Crippen molar-refractivity contribution in [3.05, 3.63) is 0 Å². The summed E-state index contributed by atoms with van der Waals surface area (Å²) >= 11 is 0. The summed E-state index contributed by atoms with van der Waals surface area (Å²) in [5.74, 6) is 1.81. The molecule has 0 amide bonds. The minimum Gasteiger partial charge on any atom is -0.394 e. The quantitative estimate of drug-likeness (QED) is 0.412. The molecule has 1 aliphatic rings. The second-order valence-corrected chi connectivity index (χ2v) is 10.4. The second kappa shape index (κ2) is 12.4. The Labute approximate surface area is 169 Å². The monoisotopic (exact) mass is 384 g/mol. The normalized spacial score (nSPS) is 26.3. The Balaban J connectivity index is 2.69. The summed E-state index contributed by atoms with van der Waals surface area (Å²) in [7, 11) is 0. The number of rotatable bonds is 13. The fourth-order valence-electron chi connectivity index (χ4n) is 4.66. The van der Waals surface area contributed by atoms with Gasteiger partial charge in [0.05, 0.1) is 24.9 Å². The topological polar surface area (TPSA) is 49.7 Å². The van der Waals surface area contributed by atoms with E-state index in [0.717, 1.165) is 12.3 Å². The van der Waals surface area contributed by atoms with E-state index in [1.807, 2.05) is 0 Å². The molecule has 1 aliphatic heterocycles. The molecule has 3 nitrogen and oxygen atoms in total. The highest BCUT2D eigenvalue weighted by molar-refractivity contribution is 4.85. The van der Waals surface area contributed by atoms with E-state index in [-0.39, 0.29) is 24.9 Å². The average Bonchev–Trinajstić information content (AvgIpc) is 2.61. The molecule has 0 aliphatic carbocycles. The van der Waals surface area contributed by atoms with Crippen molar-refractivity contribution in [2.24, 2.45) is 23.2 Å². The van der Waals surface area contributed by atoms with Gasteiger partial charge in [0.15, 0.2) is 0 Å². The zero-order chi connectivity index (χ0) is 20.4. The van der Waals surface area contributed by atoms with Crippen molar-refractivity contribution in [3.63, 3.8) is 0 Å². The first-order chi connectivity index (χ1) is 12.7. The van der Waals surface area contributed by atoms with Gasteiger partial charge in [0.2, 0.25) is 0 Å². The van der Waals surface area contributed by atoms with Crippen LogP contribution in [0.4, 0.5) is 0 Å². The van der Waals surface area contributed by atoms with Crippen LogP contribution in [0.25, 0.3) is 0 Å². The predicted octanol–water partition coefficient (Wildman–Crippen LogP) is 5.96. The number of aliphatic hydroxyl groups excluding tert-OH is 2. The molecule has 162 valence electrons. The fraction of sp³-hybridized carbons (Fsp3) is 1.00.